The van der Waals surface area contributed by atoms with Crippen molar-refractivity contribution in [3.05, 3.63) is 59.4 Å². The zero-order valence-corrected chi connectivity index (χ0v) is 17.9. The molecule has 7 nitrogen and oxygen atoms in total. The minimum atomic E-state index is -1.03. The Morgan fingerprint density at radius 1 is 1.12 bits per heavy atom. The molecule has 5 rings (SSSR count). The number of aryl methyl sites for hydroxylation is 1. The van der Waals surface area contributed by atoms with Gasteiger partial charge in [-0.2, -0.15) is 0 Å². The van der Waals surface area contributed by atoms with E-state index in [2.05, 4.69) is 9.13 Å². The number of imidazole rings is 1. The molecule has 3 aromatic rings. The third-order valence-corrected chi connectivity index (χ3v) is 6.45. The van der Waals surface area contributed by atoms with Gasteiger partial charge < -0.3 is 9.84 Å². The Morgan fingerprint density at radius 3 is 2.41 bits per heavy atom. The summed E-state index contributed by atoms with van der Waals surface area (Å²) in [6.45, 7) is 3.15. The van der Waals surface area contributed by atoms with E-state index in [1.165, 1.54) is 0 Å². The maximum absolute atomic E-state index is 13.1. The van der Waals surface area contributed by atoms with E-state index in [-0.39, 0.29) is 11.6 Å². The van der Waals surface area contributed by atoms with Crippen molar-refractivity contribution in [2.24, 2.45) is 11.8 Å². The zero-order valence-electron chi connectivity index (χ0n) is 17.9. The number of carboxylic acid groups (broad SMARTS) is 1. The third kappa shape index (κ3) is 3.47. The quantitative estimate of drug-likeness (QED) is 0.436. The first-order valence-electron chi connectivity index (χ1n) is 11.0. The smallest absolute Gasteiger partial charge is 0.341 e. The van der Waals surface area contributed by atoms with Crippen LogP contribution in [-0.4, -0.2) is 33.8 Å². The van der Waals surface area contributed by atoms with Gasteiger partial charge in [0.25, 0.3) is 5.82 Å². The second-order valence-corrected chi connectivity index (χ2v) is 8.58. The van der Waals surface area contributed by atoms with Gasteiger partial charge in [0.1, 0.15) is 5.75 Å². The molecule has 2 aromatic carbocycles. The predicted octanol–water partition coefficient (Wildman–Crippen LogP) is 3.06. The molecule has 0 amide bonds. The summed E-state index contributed by atoms with van der Waals surface area (Å²) < 4.78 is 9.77. The first-order valence-corrected chi connectivity index (χ1v) is 11.0. The van der Waals surface area contributed by atoms with E-state index in [1.807, 2.05) is 19.1 Å². The summed E-state index contributed by atoms with van der Waals surface area (Å²) in [5.41, 5.74) is 2.95. The summed E-state index contributed by atoms with van der Waals surface area (Å²) >= 11 is 0. The van der Waals surface area contributed by atoms with Crippen molar-refractivity contribution in [2.45, 2.75) is 39.3 Å². The molecule has 1 heterocycles. The normalized spacial score (nSPS) is 16.0. The van der Waals surface area contributed by atoms with Crippen LogP contribution >= 0.6 is 0 Å². The van der Waals surface area contributed by atoms with Crippen molar-refractivity contribution in [1.82, 2.24) is 4.57 Å². The molecule has 1 aromatic heterocycles. The number of fused-ring (bicyclic) bond motifs is 2. The molecule has 7 heteroatoms. The molecule has 0 spiro atoms. The van der Waals surface area contributed by atoms with Crippen LogP contribution in [0.5, 0.6) is 5.75 Å². The minimum absolute atomic E-state index is 0.109. The fourth-order valence-electron chi connectivity index (χ4n) is 4.72. The van der Waals surface area contributed by atoms with Gasteiger partial charge in [-0.3, -0.25) is 9.59 Å². The zero-order chi connectivity index (χ0) is 22.4. The number of ketones is 2. The summed E-state index contributed by atoms with van der Waals surface area (Å²) in [7, 11) is 0. The van der Waals surface area contributed by atoms with Crippen LogP contribution < -0.4 is 9.30 Å². The minimum Gasteiger partial charge on any atom is -0.482 e. The molecule has 32 heavy (non-hydrogen) atoms. The molecule has 1 fully saturated rings. The molecule has 0 saturated heterocycles. The topological polar surface area (TPSA) is 89.5 Å². The summed E-state index contributed by atoms with van der Waals surface area (Å²) in [6.07, 6.45) is 2.66. The third-order valence-electron chi connectivity index (χ3n) is 6.45. The molecule has 1 saturated carbocycles. The van der Waals surface area contributed by atoms with Gasteiger partial charge in [-0.05, 0) is 37.8 Å². The van der Waals surface area contributed by atoms with Crippen molar-refractivity contribution in [2.75, 3.05) is 6.61 Å². The standard InChI is InChI=1S/C25H24N2O5/c1-2-26-20-10-9-16(32-14-23(28)29)11-21(20)27(13-15-7-8-15)22(26)12-19-24(30)17-5-3-4-6-18(17)25(19)31/h3-6,9-11,15,19H,2,7-8,12-14H2,1H3/p+1. The van der Waals surface area contributed by atoms with Crippen LogP contribution in [0.2, 0.25) is 0 Å². The highest BCUT2D eigenvalue weighted by atomic mass is 16.5. The molecule has 0 aliphatic heterocycles. The largest absolute Gasteiger partial charge is 0.482 e. The summed E-state index contributed by atoms with van der Waals surface area (Å²) in [4.78, 5) is 37.0. The van der Waals surface area contributed by atoms with E-state index in [0.29, 0.717) is 35.8 Å². The van der Waals surface area contributed by atoms with Crippen LogP contribution in [0.4, 0.5) is 0 Å². The van der Waals surface area contributed by atoms with E-state index in [9.17, 15) is 14.4 Å². The highest BCUT2D eigenvalue weighted by Gasteiger charge is 2.42. The number of carbonyl (C=O) groups excluding carboxylic acids is 2. The van der Waals surface area contributed by atoms with Crippen LogP contribution in [0.25, 0.3) is 11.0 Å². The maximum atomic E-state index is 13.1. The number of carboxylic acids is 1. The predicted molar refractivity (Wildman–Crippen MR) is 116 cm³/mol. The molecule has 0 atom stereocenters. The van der Waals surface area contributed by atoms with Crippen molar-refractivity contribution < 1.29 is 28.8 Å². The monoisotopic (exact) mass is 433 g/mol. The lowest BCUT2D eigenvalue weighted by atomic mass is 9.99. The van der Waals surface area contributed by atoms with Crippen molar-refractivity contribution in [3.63, 3.8) is 0 Å². The lowest BCUT2D eigenvalue weighted by Gasteiger charge is -2.08. The number of hydrogen-bond donors (Lipinski definition) is 1. The Morgan fingerprint density at radius 2 is 1.81 bits per heavy atom. The van der Waals surface area contributed by atoms with Gasteiger partial charge in [0, 0.05) is 17.2 Å². The van der Waals surface area contributed by atoms with Crippen LogP contribution in [0.1, 0.15) is 46.3 Å². The number of aliphatic carboxylic acids is 1. The SMILES string of the molecule is CC[n+]1c(CC2C(=O)c3ccccc3C2=O)n(CC2CC2)c2cc(OCC(=O)O)ccc21. The van der Waals surface area contributed by atoms with Gasteiger partial charge in [-0.15, -0.1) is 0 Å². The first-order chi connectivity index (χ1) is 15.5. The summed E-state index contributed by atoms with van der Waals surface area (Å²) in [6, 6.07) is 12.6. The lowest BCUT2D eigenvalue weighted by molar-refractivity contribution is -0.676. The van der Waals surface area contributed by atoms with Gasteiger partial charge in [-0.25, -0.2) is 13.9 Å². The van der Waals surface area contributed by atoms with Crippen LogP contribution in [0, 0.1) is 11.8 Å². The average Bonchev–Trinajstić information content (AvgIpc) is 3.53. The molecule has 0 bridgehead atoms. The summed E-state index contributed by atoms with van der Waals surface area (Å²) in [5.74, 6) is 0.0547. The number of rotatable bonds is 8. The molecule has 0 unspecified atom stereocenters. The van der Waals surface area contributed by atoms with Crippen LogP contribution in [0.15, 0.2) is 42.5 Å². The van der Waals surface area contributed by atoms with E-state index in [0.717, 1.165) is 36.2 Å². The number of benzene rings is 2. The molecule has 0 radical (unpaired) electrons. The number of nitrogens with zero attached hydrogens (tertiary/aromatic N) is 2. The Bertz CT molecular complexity index is 1220. The van der Waals surface area contributed by atoms with Gasteiger partial charge in [0.05, 0.1) is 25.4 Å². The van der Waals surface area contributed by atoms with Crippen molar-refractivity contribution in [1.29, 1.82) is 0 Å². The fourth-order valence-corrected chi connectivity index (χ4v) is 4.72. The average molecular weight is 433 g/mol. The Hall–Kier alpha value is -3.48. The molecular formula is C25H25N2O5+. The maximum Gasteiger partial charge on any atom is 0.341 e. The van der Waals surface area contributed by atoms with E-state index in [4.69, 9.17) is 9.84 Å². The molecular weight excluding hydrogens is 408 g/mol. The van der Waals surface area contributed by atoms with E-state index < -0.39 is 18.5 Å². The first kappa shape index (κ1) is 20.4. The van der Waals surface area contributed by atoms with Gasteiger partial charge in [0.2, 0.25) is 0 Å². The van der Waals surface area contributed by atoms with E-state index in [1.54, 1.807) is 30.3 Å². The van der Waals surface area contributed by atoms with Crippen molar-refractivity contribution in [3.8, 4) is 5.75 Å². The molecule has 1 N–H and O–H groups in total. The molecule has 2 aliphatic carbocycles. The Balaban J connectivity index is 1.58. The fraction of sp³-hybridized carbons (Fsp3) is 0.360. The second-order valence-electron chi connectivity index (χ2n) is 8.58. The number of carbonyl (C=O) groups is 3. The molecule has 2 aliphatic rings. The molecule has 164 valence electrons. The van der Waals surface area contributed by atoms with Crippen molar-refractivity contribution >= 4 is 28.6 Å². The van der Waals surface area contributed by atoms with Crippen LogP contribution in [0.3, 0.4) is 0 Å². The second kappa shape index (κ2) is 7.89. The van der Waals surface area contributed by atoms with Gasteiger partial charge in [0.15, 0.2) is 29.2 Å². The number of ether oxygens (including phenoxy) is 1. The Labute approximate surface area is 185 Å². The summed E-state index contributed by atoms with van der Waals surface area (Å²) in [5, 5.41) is 8.94. The lowest BCUT2D eigenvalue weighted by Crippen LogP contribution is -2.39. The highest BCUT2D eigenvalue weighted by molar-refractivity contribution is 6.26. The van der Waals surface area contributed by atoms with E-state index >= 15 is 0 Å². The number of hydrogen-bond acceptors (Lipinski definition) is 4. The van der Waals surface area contributed by atoms with Gasteiger partial charge in [-0.1, -0.05) is 24.3 Å². The highest BCUT2D eigenvalue weighted by Crippen LogP contribution is 2.35. The number of Topliss-reactive ketones (excluding diaryl/α,β-unsaturated/α-hetero) is 2. The van der Waals surface area contributed by atoms with Crippen LogP contribution in [-0.2, 0) is 24.3 Å². The van der Waals surface area contributed by atoms with Gasteiger partial charge >= 0.3 is 5.97 Å². The Kier molecular flexibility index (Phi) is 5.04. The number of aromatic nitrogens is 2.